The number of carbonyl (C=O) groups is 1. The van der Waals surface area contributed by atoms with Crippen LogP contribution in [0, 0.1) is 6.92 Å². The molecular weight excluding hydrogens is 314 g/mol. The molecule has 0 aliphatic rings. The molecule has 2 unspecified atom stereocenters. The van der Waals surface area contributed by atoms with Crippen LogP contribution in [0.2, 0.25) is 0 Å². The molecular formula is C13H18BrNO2S. The highest BCUT2D eigenvalue weighted by Crippen LogP contribution is 2.15. The summed E-state index contributed by atoms with van der Waals surface area (Å²) in [6.45, 7) is 4.42. The Kier molecular flexibility index (Phi) is 6.02. The lowest BCUT2D eigenvalue weighted by molar-refractivity contribution is 0.0953. The fourth-order valence-electron chi connectivity index (χ4n) is 1.52. The highest BCUT2D eigenvalue weighted by Gasteiger charge is 2.09. The smallest absolute Gasteiger partial charge is 0.251 e. The summed E-state index contributed by atoms with van der Waals surface area (Å²) < 4.78 is 12.1. The molecule has 1 aromatic carbocycles. The van der Waals surface area contributed by atoms with Crippen molar-refractivity contribution in [3.05, 3.63) is 33.8 Å². The Morgan fingerprint density at radius 1 is 1.44 bits per heavy atom. The molecule has 1 rings (SSSR count). The van der Waals surface area contributed by atoms with Crippen LogP contribution in [0.5, 0.6) is 0 Å². The number of hydrogen-bond acceptors (Lipinski definition) is 2. The molecule has 2 atom stereocenters. The van der Waals surface area contributed by atoms with Gasteiger partial charge in [0.15, 0.2) is 0 Å². The fraction of sp³-hybridized carbons (Fsp3) is 0.462. The van der Waals surface area contributed by atoms with Crippen LogP contribution in [0.1, 0.15) is 29.3 Å². The maximum Gasteiger partial charge on any atom is 0.251 e. The van der Waals surface area contributed by atoms with Crippen LogP contribution < -0.4 is 5.32 Å². The van der Waals surface area contributed by atoms with Gasteiger partial charge in [0, 0.05) is 38.9 Å². The minimum absolute atomic E-state index is 0.0894. The van der Waals surface area contributed by atoms with E-state index in [0.29, 0.717) is 12.1 Å². The van der Waals surface area contributed by atoms with Gasteiger partial charge in [0.05, 0.1) is 0 Å². The van der Waals surface area contributed by atoms with E-state index in [9.17, 15) is 9.00 Å². The van der Waals surface area contributed by atoms with Crippen LogP contribution in [0.4, 0.5) is 0 Å². The van der Waals surface area contributed by atoms with E-state index in [2.05, 4.69) is 21.2 Å². The third-order valence-electron chi connectivity index (χ3n) is 2.71. The molecule has 0 fully saturated rings. The van der Waals surface area contributed by atoms with Gasteiger partial charge in [-0.25, -0.2) is 0 Å². The van der Waals surface area contributed by atoms with Crippen LogP contribution in [0.25, 0.3) is 0 Å². The second-order valence-electron chi connectivity index (χ2n) is 4.37. The Balaban J connectivity index is 2.53. The second-order valence-corrected chi connectivity index (χ2v) is 7.09. The van der Waals surface area contributed by atoms with Crippen LogP contribution in [0.15, 0.2) is 22.7 Å². The SMILES string of the molecule is Cc1cc(Br)cc(C(=O)NCCC(C)S(C)=O)c1. The molecule has 0 aliphatic carbocycles. The standard InChI is InChI=1S/C13H18BrNO2S/c1-9-6-11(8-12(14)7-9)13(16)15-5-4-10(2)18(3)17/h6-8,10H,4-5H2,1-3H3,(H,15,16). The van der Waals surface area contributed by atoms with Gasteiger partial charge in [0.2, 0.25) is 0 Å². The molecule has 5 heteroatoms. The van der Waals surface area contributed by atoms with Gasteiger partial charge in [-0.2, -0.15) is 0 Å². The maximum absolute atomic E-state index is 11.9. The van der Waals surface area contributed by atoms with Gasteiger partial charge in [-0.3, -0.25) is 9.00 Å². The van der Waals surface area contributed by atoms with Gasteiger partial charge >= 0.3 is 0 Å². The number of rotatable bonds is 5. The first-order valence-corrected chi connectivity index (χ1v) is 8.19. The van der Waals surface area contributed by atoms with Crippen molar-refractivity contribution in [1.29, 1.82) is 0 Å². The molecule has 1 N–H and O–H groups in total. The molecule has 1 aromatic rings. The predicted octanol–water partition coefficient (Wildman–Crippen LogP) is 2.64. The van der Waals surface area contributed by atoms with E-state index < -0.39 is 10.8 Å². The van der Waals surface area contributed by atoms with E-state index in [4.69, 9.17) is 0 Å². The van der Waals surface area contributed by atoms with Crippen molar-refractivity contribution >= 4 is 32.6 Å². The molecule has 0 aliphatic heterocycles. The quantitative estimate of drug-likeness (QED) is 0.901. The molecule has 0 saturated carbocycles. The van der Waals surface area contributed by atoms with Crippen molar-refractivity contribution in [2.75, 3.05) is 12.8 Å². The van der Waals surface area contributed by atoms with Crippen LogP contribution in [0.3, 0.4) is 0 Å². The minimum atomic E-state index is -0.836. The third-order valence-corrected chi connectivity index (χ3v) is 4.53. The lowest BCUT2D eigenvalue weighted by atomic mass is 10.1. The highest BCUT2D eigenvalue weighted by molar-refractivity contribution is 9.10. The van der Waals surface area contributed by atoms with E-state index in [1.165, 1.54) is 0 Å². The van der Waals surface area contributed by atoms with Gasteiger partial charge in [-0.05, 0) is 37.1 Å². The lowest BCUT2D eigenvalue weighted by Crippen LogP contribution is -2.27. The zero-order valence-corrected chi connectivity index (χ0v) is 13.2. The Morgan fingerprint density at radius 2 is 2.11 bits per heavy atom. The summed E-state index contributed by atoms with van der Waals surface area (Å²) in [5.74, 6) is -0.0894. The summed E-state index contributed by atoms with van der Waals surface area (Å²) in [4.78, 5) is 11.9. The number of aryl methyl sites for hydroxylation is 1. The summed E-state index contributed by atoms with van der Waals surface area (Å²) in [7, 11) is -0.836. The summed E-state index contributed by atoms with van der Waals surface area (Å²) >= 11 is 3.37. The molecule has 18 heavy (non-hydrogen) atoms. The van der Waals surface area contributed by atoms with Gasteiger partial charge in [-0.15, -0.1) is 0 Å². The number of hydrogen-bond donors (Lipinski definition) is 1. The summed E-state index contributed by atoms with van der Waals surface area (Å²) in [6, 6.07) is 5.60. The first-order chi connectivity index (χ1) is 8.40. The van der Waals surface area contributed by atoms with Crippen LogP contribution >= 0.6 is 15.9 Å². The van der Waals surface area contributed by atoms with Crippen molar-refractivity contribution in [2.24, 2.45) is 0 Å². The largest absolute Gasteiger partial charge is 0.352 e. The first-order valence-electron chi connectivity index (χ1n) is 5.77. The summed E-state index contributed by atoms with van der Waals surface area (Å²) in [5, 5.41) is 2.95. The monoisotopic (exact) mass is 331 g/mol. The zero-order valence-electron chi connectivity index (χ0n) is 10.8. The maximum atomic E-state index is 11.9. The Labute approximate surface area is 119 Å². The lowest BCUT2D eigenvalue weighted by Gasteiger charge is -2.10. The normalized spacial score (nSPS) is 14.0. The molecule has 0 radical (unpaired) electrons. The number of benzene rings is 1. The van der Waals surface area contributed by atoms with E-state index in [0.717, 1.165) is 16.5 Å². The predicted molar refractivity (Wildman–Crippen MR) is 79.4 cm³/mol. The first kappa shape index (κ1) is 15.4. The molecule has 0 bridgehead atoms. The molecule has 0 saturated heterocycles. The van der Waals surface area contributed by atoms with Gasteiger partial charge in [0.1, 0.15) is 0 Å². The number of nitrogens with one attached hydrogen (secondary N) is 1. The van der Waals surface area contributed by atoms with Crippen molar-refractivity contribution < 1.29 is 9.00 Å². The average Bonchev–Trinajstić information content (AvgIpc) is 2.27. The van der Waals surface area contributed by atoms with Crippen molar-refractivity contribution in [1.82, 2.24) is 5.32 Å². The van der Waals surface area contributed by atoms with E-state index in [1.54, 1.807) is 12.3 Å². The van der Waals surface area contributed by atoms with Gasteiger partial charge in [0.25, 0.3) is 5.91 Å². The Morgan fingerprint density at radius 3 is 2.67 bits per heavy atom. The van der Waals surface area contributed by atoms with Crippen molar-refractivity contribution in [3.63, 3.8) is 0 Å². The topological polar surface area (TPSA) is 46.2 Å². The molecule has 0 heterocycles. The molecule has 100 valence electrons. The Hall–Kier alpha value is -0.680. The minimum Gasteiger partial charge on any atom is -0.352 e. The molecule has 0 aromatic heterocycles. The molecule has 1 amide bonds. The number of halogens is 1. The van der Waals surface area contributed by atoms with E-state index in [-0.39, 0.29) is 11.2 Å². The second kappa shape index (κ2) is 7.04. The number of amides is 1. The third kappa shape index (κ3) is 4.90. The van der Waals surface area contributed by atoms with E-state index >= 15 is 0 Å². The van der Waals surface area contributed by atoms with Crippen LogP contribution in [-0.4, -0.2) is 28.2 Å². The summed E-state index contributed by atoms with van der Waals surface area (Å²) in [5.41, 5.74) is 1.68. The highest BCUT2D eigenvalue weighted by atomic mass is 79.9. The van der Waals surface area contributed by atoms with Crippen molar-refractivity contribution in [2.45, 2.75) is 25.5 Å². The fourth-order valence-corrected chi connectivity index (χ4v) is 2.58. The van der Waals surface area contributed by atoms with Crippen molar-refractivity contribution in [3.8, 4) is 0 Å². The van der Waals surface area contributed by atoms with Gasteiger partial charge in [-0.1, -0.05) is 22.9 Å². The van der Waals surface area contributed by atoms with Gasteiger partial charge < -0.3 is 5.32 Å². The number of carbonyl (C=O) groups excluding carboxylic acids is 1. The van der Waals surface area contributed by atoms with E-state index in [1.807, 2.05) is 26.0 Å². The zero-order chi connectivity index (χ0) is 13.7. The molecule has 0 spiro atoms. The Bertz CT molecular complexity index is 442. The average molecular weight is 332 g/mol. The summed E-state index contributed by atoms with van der Waals surface area (Å²) in [6.07, 6.45) is 2.41. The van der Waals surface area contributed by atoms with Crippen LogP contribution in [-0.2, 0) is 10.8 Å². The molecule has 3 nitrogen and oxygen atoms in total.